The molecule has 6 nitrogen and oxygen atoms in total. The quantitative estimate of drug-likeness (QED) is 0.554. The summed E-state index contributed by atoms with van der Waals surface area (Å²) in [6.45, 7) is 2.41. The van der Waals surface area contributed by atoms with E-state index in [0.717, 1.165) is 0 Å². The summed E-state index contributed by atoms with van der Waals surface area (Å²) in [5.41, 5.74) is 4.80. The predicted molar refractivity (Wildman–Crippen MR) is 50.9 cm³/mol. The third-order valence-corrected chi connectivity index (χ3v) is 1.72. The Hall–Kier alpha value is -1.72. The summed E-state index contributed by atoms with van der Waals surface area (Å²) in [5.74, 6) is 0.149. The summed E-state index contributed by atoms with van der Waals surface area (Å²) >= 11 is 0. The lowest BCUT2D eigenvalue weighted by Crippen LogP contribution is -2.32. The van der Waals surface area contributed by atoms with Gasteiger partial charge in [0.15, 0.2) is 0 Å². The van der Waals surface area contributed by atoms with Gasteiger partial charge in [-0.2, -0.15) is 0 Å². The van der Waals surface area contributed by atoms with Gasteiger partial charge in [0, 0.05) is 13.6 Å². The highest BCUT2D eigenvalue weighted by atomic mass is 16.2. The molecule has 0 fully saturated rings. The Kier molecular flexibility index (Phi) is 2.41. The molecule has 0 atom stereocenters. The molecule has 0 radical (unpaired) electrons. The van der Waals surface area contributed by atoms with Gasteiger partial charge in [0.1, 0.15) is 11.5 Å². The molecular formula is C7H12N4O2. The van der Waals surface area contributed by atoms with E-state index >= 15 is 0 Å². The largest absolute Gasteiger partial charge is 0.383 e. The number of aromatic amines is 1. The van der Waals surface area contributed by atoms with Crippen LogP contribution in [0.25, 0.3) is 0 Å². The number of hydrogen-bond donors (Lipinski definition) is 3. The standard InChI is InChI=1S/C7H12N4O2/c1-3-9-4-5(8)11(2)7(13)10-6(4)12/h9H,3,8H2,1-2H3,(H,10,12,13). The SMILES string of the molecule is CCNc1c(N)n(C)c(=O)[nH]c1=O. The summed E-state index contributed by atoms with van der Waals surface area (Å²) in [7, 11) is 1.49. The fourth-order valence-corrected chi connectivity index (χ4v) is 0.985. The molecule has 0 bridgehead atoms. The van der Waals surface area contributed by atoms with Gasteiger partial charge in [0.2, 0.25) is 0 Å². The number of nitrogens with two attached hydrogens (primary N) is 1. The molecule has 0 aliphatic heterocycles. The van der Waals surface area contributed by atoms with E-state index in [4.69, 9.17) is 5.73 Å². The summed E-state index contributed by atoms with van der Waals surface area (Å²) in [6, 6.07) is 0. The monoisotopic (exact) mass is 184 g/mol. The molecular weight excluding hydrogens is 172 g/mol. The van der Waals surface area contributed by atoms with Gasteiger partial charge in [-0.25, -0.2) is 4.79 Å². The number of hydrogen-bond acceptors (Lipinski definition) is 4. The molecule has 0 unspecified atom stereocenters. The van der Waals surface area contributed by atoms with E-state index in [1.807, 2.05) is 6.92 Å². The van der Waals surface area contributed by atoms with Crippen molar-refractivity contribution >= 4 is 11.5 Å². The fraction of sp³-hybridized carbons (Fsp3) is 0.429. The maximum atomic E-state index is 11.2. The van der Waals surface area contributed by atoms with Crippen molar-refractivity contribution in [3.63, 3.8) is 0 Å². The Balaban J connectivity index is 3.44. The molecule has 0 aliphatic carbocycles. The number of nitrogens with zero attached hydrogens (tertiary/aromatic N) is 1. The Morgan fingerprint density at radius 2 is 2.15 bits per heavy atom. The van der Waals surface area contributed by atoms with Crippen LogP contribution in [0, 0.1) is 0 Å². The van der Waals surface area contributed by atoms with Gasteiger partial charge in [0.25, 0.3) is 5.56 Å². The predicted octanol–water partition coefficient (Wildman–Crippen LogP) is -0.912. The smallest absolute Gasteiger partial charge is 0.329 e. The molecule has 6 heteroatoms. The first-order valence-electron chi connectivity index (χ1n) is 3.90. The molecule has 1 heterocycles. The number of rotatable bonds is 2. The number of anilines is 2. The normalized spacial score (nSPS) is 10.0. The minimum absolute atomic E-state index is 0.149. The second kappa shape index (κ2) is 3.34. The highest BCUT2D eigenvalue weighted by Crippen LogP contribution is 2.06. The first-order chi connectivity index (χ1) is 6.07. The molecule has 0 amide bonds. The number of nitrogens with one attached hydrogen (secondary N) is 2. The van der Waals surface area contributed by atoms with Crippen molar-refractivity contribution in [3.05, 3.63) is 20.8 Å². The lowest BCUT2D eigenvalue weighted by atomic mass is 10.4. The van der Waals surface area contributed by atoms with Crippen molar-refractivity contribution in [2.45, 2.75) is 6.92 Å². The van der Waals surface area contributed by atoms with Gasteiger partial charge >= 0.3 is 5.69 Å². The Labute approximate surface area is 74.4 Å². The molecule has 1 aromatic rings. The van der Waals surface area contributed by atoms with Crippen molar-refractivity contribution in [3.8, 4) is 0 Å². The molecule has 0 aromatic carbocycles. The van der Waals surface area contributed by atoms with Crippen LogP contribution < -0.4 is 22.3 Å². The maximum Gasteiger partial charge on any atom is 0.329 e. The van der Waals surface area contributed by atoms with Crippen molar-refractivity contribution in [2.24, 2.45) is 7.05 Å². The Bertz CT molecular complexity index is 417. The van der Waals surface area contributed by atoms with Crippen LogP contribution in [0.15, 0.2) is 9.59 Å². The van der Waals surface area contributed by atoms with Crippen LogP contribution in [0.3, 0.4) is 0 Å². The van der Waals surface area contributed by atoms with Crippen molar-refractivity contribution < 1.29 is 0 Å². The van der Waals surface area contributed by atoms with E-state index in [2.05, 4.69) is 10.3 Å². The van der Waals surface area contributed by atoms with E-state index in [-0.39, 0.29) is 11.5 Å². The number of H-pyrrole nitrogens is 1. The molecule has 1 rings (SSSR count). The van der Waals surface area contributed by atoms with Crippen LogP contribution in [0.5, 0.6) is 0 Å². The molecule has 0 saturated carbocycles. The van der Waals surface area contributed by atoms with Gasteiger partial charge < -0.3 is 11.1 Å². The summed E-state index contributed by atoms with van der Waals surface area (Å²) in [6.07, 6.45) is 0. The number of nitrogen functional groups attached to an aromatic ring is 1. The van der Waals surface area contributed by atoms with E-state index in [0.29, 0.717) is 6.54 Å². The molecule has 4 N–H and O–H groups in total. The molecule has 0 spiro atoms. The minimum Gasteiger partial charge on any atom is -0.383 e. The van der Waals surface area contributed by atoms with Crippen LogP contribution in [-0.2, 0) is 7.05 Å². The third kappa shape index (κ3) is 1.56. The topological polar surface area (TPSA) is 92.9 Å². The zero-order valence-electron chi connectivity index (χ0n) is 7.55. The molecule has 0 saturated heterocycles. The molecule has 1 aromatic heterocycles. The van der Waals surface area contributed by atoms with Crippen molar-refractivity contribution in [2.75, 3.05) is 17.6 Å². The first-order valence-corrected chi connectivity index (χ1v) is 3.90. The van der Waals surface area contributed by atoms with Gasteiger partial charge in [-0.1, -0.05) is 0 Å². The van der Waals surface area contributed by atoms with Crippen LogP contribution in [0.2, 0.25) is 0 Å². The average Bonchev–Trinajstić information content (AvgIpc) is 2.09. The Morgan fingerprint density at radius 1 is 1.54 bits per heavy atom. The second-order valence-corrected chi connectivity index (χ2v) is 2.61. The van der Waals surface area contributed by atoms with Gasteiger partial charge in [-0.05, 0) is 6.92 Å². The summed E-state index contributed by atoms with van der Waals surface area (Å²) in [4.78, 5) is 24.4. The van der Waals surface area contributed by atoms with Crippen molar-refractivity contribution in [1.82, 2.24) is 9.55 Å². The van der Waals surface area contributed by atoms with Crippen LogP contribution in [0.1, 0.15) is 6.92 Å². The molecule has 72 valence electrons. The van der Waals surface area contributed by atoms with Crippen LogP contribution >= 0.6 is 0 Å². The maximum absolute atomic E-state index is 11.2. The zero-order chi connectivity index (χ0) is 10.0. The van der Waals surface area contributed by atoms with E-state index in [1.165, 1.54) is 11.6 Å². The number of aromatic nitrogens is 2. The molecule has 0 aliphatic rings. The van der Waals surface area contributed by atoms with Crippen LogP contribution in [-0.4, -0.2) is 16.1 Å². The highest BCUT2D eigenvalue weighted by Gasteiger charge is 2.07. The van der Waals surface area contributed by atoms with Crippen LogP contribution in [0.4, 0.5) is 11.5 Å². The Morgan fingerprint density at radius 3 is 2.69 bits per heavy atom. The van der Waals surface area contributed by atoms with E-state index in [1.54, 1.807) is 0 Å². The average molecular weight is 184 g/mol. The third-order valence-electron chi connectivity index (χ3n) is 1.72. The van der Waals surface area contributed by atoms with Gasteiger partial charge in [-0.15, -0.1) is 0 Å². The zero-order valence-corrected chi connectivity index (χ0v) is 7.55. The second-order valence-electron chi connectivity index (χ2n) is 2.61. The lowest BCUT2D eigenvalue weighted by molar-refractivity contribution is 0.813. The first kappa shape index (κ1) is 9.37. The molecule has 13 heavy (non-hydrogen) atoms. The van der Waals surface area contributed by atoms with E-state index in [9.17, 15) is 9.59 Å². The van der Waals surface area contributed by atoms with Crippen molar-refractivity contribution in [1.29, 1.82) is 0 Å². The highest BCUT2D eigenvalue weighted by molar-refractivity contribution is 5.60. The summed E-state index contributed by atoms with van der Waals surface area (Å²) in [5, 5.41) is 2.78. The van der Waals surface area contributed by atoms with E-state index < -0.39 is 11.2 Å². The van der Waals surface area contributed by atoms with Gasteiger partial charge in [0.05, 0.1) is 0 Å². The lowest BCUT2D eigenvalue weighted by Gasteiger charge is -2.08. The minimum atomic E-state index is -0.510. The van der Waals surface area contributed by atoms with Gasteiger partial charge in [-0.3, -0.25) is 14.3 Å². The fourth-order valence-electron chi connectivity index (χ4n) is 0.985. The summed E-state index contributed by atoms with van der Waals surface area (Å²) < 4.78 is 1.18.